The first-order valence-electron chi connectivity index (χ1n) is 6.02. The zero-order chi connectivity index (χ0) is 12.3. The number of benzene rings is 1. The fraction of sp³-hybridized carbons (Fsp3) is 0.462. The van der Waals surface area contributed by atoms with Crippen LogP contribution >= 0.6 is 15.9 Å². The lowest BCUT2D eigenvalue weighted by molar-refractivity contribution is 0.530. The molecule has 4 heteroatoms. The van der Waals surface area contributed by atoms with E-state index >= 15 is 0 Å². The van der Waals surface area contributed by atoms with Gasteiger partial charge in [0, 0.05) is 13.0 Å². The van der Waals surface area contributed by atoms with Gasteiger partial charge in [-0.3, -0.25) is 0 Å². The van der Waals surface area contributed by atoms with Gasteiger partial charge in [0.1, 0.15) is 5.52 Å². The highest BCUT2D eigenvalue weighted by Crippen LogP contribution is 2.27. The maximum absolute atomic E-state index is 5.66. The highest BCUT2D eigenvalue weighted by molar-refractivity contribution is 9.10. The first kappa shape index (κ1) is 12.6. The number of nitrogens with two attached hydrogens (primary N) is 1. The molecule has 0 saturated heterocycles. The molecule has 0 saturated carbocycles. The number of fused-ring (bicyclic) bond motifs is 1. The molecule has 0 aliphatic carbocycles. The van der Waals surface area contributed by atoms with Crippen molar-refractivity contribution < 1.29 is 4.42 Å². The second-order valence-electron chi connectivity index (χ2n) is 4.18. The summed E-state index contributed by atoms with van der Waals surface area (Å²) in [7, 11) is 0. The van der Waals surface area contributed by atoms with Crippen molar-refractivity contribution in [3.05, 3.63) is 28.1 Å². The number of unbranched alkanes of at least 4 members (excludes halogenated alkanes) is 1. The molecule has 2 N–H and O–H groups in total. The lowest BCUT2D eigenvalue weighted by Gasteiger charge is -2.00. The highest BCUT2D eigenvalue weighted by Gasteiger charge is 2.10. The Morgan fingerprint density at radius 2 is 2.18 bits per heavy atom. The third-order valence-electron chi connectivity index (χ3n) is 2.73. The molecule has 1 heterocycles. The van der Waals surface area contributed by atoms with Crippen LogP contribution in [0.1, 0.15) is 31.2 Å². The maximum atomic E-state index is 5.66. The SMILES string of the molecule is CCCCc1cc(Br)c2oc(CCN)nc2c1. The van der Waals surface area contributed by atoms with E-state index < -0.39 is 0 Å². The van der Waals surface area contributed by atoms with Crippen molar-refractivity contribution in [1.29, 1.82) is 0 Å². The van der Waals surface area contributed by atoms with Gasteiger partial charge in [-0.1, -0.05) is 13.3 Å². The van der Waals surface area contributed by atoms with E-state index in [2.05, 4.69) is 40.0 Å². The van der Waals surface area contributed by atoms with Crippen LogP contribution in [0.2, 0.25) is 0 Å². The van der Waals surface area contributed by atoms with Crippen molar-refractivity contribution in [3.8, 4) is 0 Å². The van der Waals surface area contributed by atoms with E-state index in [4.69, 9.17) is 10.2 Å². The normalized spacial score (nSPS) is 11.2. The third kappa shape index (κ3) is 2.87. The van der Waals surface area contributed by atoms with Crippen LogP contribution in [0.25, 0.3) is 11.1 Å². The summed E-state index contributed by atoms with van der Waals surface area (Å²) in [5.74, 6) is 0.718. The standard InChI is InChI=1S/C13H17BrN2O/c1-2-3-4-9-7-10(14)13-11(8-9)16-12(17-13)5-6-15/h7-8H,2-6,15H2,1H3. The summed E-state index contributed by atoms with van der Waals surface area (Å²) in [5, 5.41) is 0. The molecule has 0 radical (unpaired) electrons. The Morgan fingerprint density at radius 3 is 2.88 bits per heavy atom. The van der Waals surface area contributed by atoms with Crippen LogP contribution in [0.15, 0.2) is 21.0 Å². The number of aromatic nitrogens is 1. The number of halogens is 1. The average Bonchev–Trinajstić information content (AvgIpc) is 2.70. The van der Waals surface area contributed by atoms with Gasteiger partial charge in [0.05, 0.1) is 4.47 Å². The smallest absolute Gasteiger partial charge is 0.196 e. The van der Waals surface area contributed by atoms with E-state index in [0.29, 0.717) is 13.0 Å². The number of aryl methyl sites for hydroxylation is 1. The minimum Gasteiger partial charge on any atom is -0.439 e. The predicted molar refractivity (Wildman–Crippen MR) is 73.1 cm³/mol. The zero-order valence-corrected chi connectivity index (χ0v) is 11.6. The van der Waals surface area contributed by atoms with Crippen LogP contribution in [-0.4, -0.2) is 11.5 Å². The largest absolute Gasteiger partial charge is 0.439 e. The fourth-order valence-corrected chi connectivity index (χ4v) is 2.43. The summed E-state index contributed by atoms with van der Waals surface area (Å²) in [4.78, 5) is 4.46. The molecule has 1 aromatic carbocycles. The third-order valence-corrected chi connectivity index (χ3v) is 3.32. The number of hydrogen-bond acceptors (Lipinski definition) is 3. The van der Waals surface area contributed by atoms with Gasteiger partial charge in [-0.2, -0.15) is 0 Å². The molecule has 92 valence electrons. The van der Waals surface area contributed by atoms with Gasteiger partial charge in [-0.25, -0.2) is 4.98 Å². The van der Waals surface area contributed by atoms with Crippen molar-refractivity contribution >= 4 is 27.0 Å². The Morgan fingerprint density at radius 1 is 1.35 bits per heavy atom. The fourth-order valence-electron chi connectivity index (χ4n) is 1.85. The Labute approximate surface area is 110 Å². The van der Waals surface area contributed by atoms with E-state index in [1.807, 2.05) is 0 Å². The first-order chi connectivity index (χ1) is 8.24. The summed E-state index contributed by atoms with van der Waals surface area (Å²) in [6.45, 7) is 2.76. The van der Waals surface area contributed by atoms with Crippen molar-refractivity contribution in [2.24, 2.45) is 5.73 Å². The second-order valence-corrected chi connectivity index (χ2v) is 5.03. The highest BCUT2D eigenvalue weighted by atomic mass is 79.9. The molecule has 0 spiro atoms. The molecular formula is C13H17BrN2O. The summed E-state index contributed by atoms with van der Waals surface area (Å²) < 4.78 is 6.64. The van der Waals surface area contributed by atoms with E-state index in [-0.39, 0.29) is 0 Å². The summed E-state index contributed by atoms with van der Waals surface area (Å²) >= 11 is 3.54. The molecule has 0 aliphatic heterocycles. The Balaban J connectivity index is 2.35. The molecule has 17 heavy (non-hydrogen) atoms. The van der Waals surface area contributed by atoms with Crippen molar-refractivity contribution in [3.63, 3.8) is 0 Å². The zero-order valence-electron chi connectivity index (χ0n) is 10.0. The van der Waals surface area contributed by atoms with E-state index in [0.717, 1.165) is 27.9 Å². The van der Waals surface area contributed by atoms with Crippen LogP contribution < -0.4 is 5.73 Å². The minimum absolute atomic E-state index is 0.563. The van der Waals surface area contributed by atoms with Gasteiger partial charge in [-0.15, -0.1) is 0 Å². The molecule has 0 unspecified atom stereocenters. The monoisotopic (exact) mass is 296 g/mol. The number of oxazole rings is 1. The van der Waals surface area contributed by atoms with Gasteiger partial charge in [0.25, 0.3) is 0 Å². The molecule has 0 bridgehead atoms. The van der Waals surface area contributed by atoms with Crippen molar-refractivity contribution in [2.75, 3.05) is 6.54 Å². The van der Waals surface area contributed by atoms with Crippen LogP contribution in [0, 0.1) is 0 Å². The Kier molecular flexibility index (Phi) is 4.18. The predicted octanol–water partition coefficient (Wildman–Crippen LogP) is 3.43. The molecule has 3 nitrogen and oxygen atoms in total. The van der Waals surface area contributed by atoms with Gasteiger partial charge in [0.15, 0.2) is 11.5 Å². The molecule has 0 fully saturated rings. The first-order valence-corrected chi connectivity index (χ1v) is 6.81. The minimum atomic E-state index is 0.563. The number of hydrogen-bond donors (Lipinski definition) is 1. The number of nitrogens with zero attached hydrogens (tertiary/aromatic N) is 1. The molecular weight excluding hydrogens is 280 g/mol. The molecule has 0 amide bonds. The lowest BCUT2D eigenvalue weighted by Crippen LogP contribution is -2.02. The summed E-state index contributed by atoms with van der Waals surface area (Å²) in [6.07, 6.45) is 4.17. The second kappa shape index (κ2) is 5.65. The Bertz CT molecular complexity index is 507. The van der Waals surface area contributed by atoms with Gasteiger partial charge >= 0.3 is 0 Å². The van der Waals surface area contributed by atoms with Crippen LogP contribution in [0.5, 0.6) is 0 Å². The average molecular weight is 297 g/mol. The molecule has 2 rings (SSSR count). The summed E-state index contributed by atoms with van der Waals surface area (Å²) in [6, 6.07) is 4.23. The van der Waals surface area contributed by atoms with Crippen molar-refractivity contribution in [1.82, 2.24) is 4.98 Å². The Hall–Kier alpha value is -0.870. The maximum Gasteiger partial charge on any atom is 0.196 e. The van der Waals surface area contributed by atoms with Gasteiger partial charge in [0.2, 0.25) is 0 Å². The van der Waals surface area contributed by atoms with Crippen LogP contribution in [-0.2, 0) is 12.8 Å². The summed E-state index contributed by atoms with van der Waals surface area (Å²) in [5.41, 5.74) is 8.56. The molecule has 0 aliphatic rings. The lowest BCUT2D eigenvalue weighted by atomic mass is 10.1. The van der Waals surface area contributed by atoms with Crippen LogP contribution in [0.3, 0.4) is 0 Å². The van der Waals surface area contributed by atoms with Crippen molar-refractivity contribution in [2.45, 2.75) is 32.6 Å². The molecule has 2 aromatic rings. The van der Waals surface area contributed by atoms with Gasteiger partial charge in [-0.05, 0) is 46.5 Å². The van der Waals surface area contributed by atoms with Crippen LogP contribution in [0.4, 0.5) is 0 Å². The van der Waals surface area contributed by atoms with E-state index in [1.165, 1.54) is 18.4 Å². The quantitative estimate of drug-likeness (QED) is 0.919. The topological polar surface area (TPSA) is 52.0 Å². The number of rotatable bonds is 5. The molecule has 0 atom stereocenters. The van der Waals surface area contributed by atoms with E-state index in [9.17, 15) is 0 Å². The van der Waals surface area contributed by atoms with E-state index in [1.54, 1.807) is 0 Å². The van der Waals surface area contributed by atoms with Gasteiger partial charge < -0.3 is 10.2 Å². The molecule has 1 aromatic heterocycles.